The van der Waals surface area contributed by atoms with Crippen molar-refractivity contribution in [3.63, 3.8) is 0 Å². The Morgan fingerprint density at radius 3 is 2.67 bits per heavy atom. The lowest BCUT2D eigenvalue weighted by molar-refractivity contribution is -0.135. The number of nitrogens with zero attached hydrogens (tertiary/aromatic N) is 7. The number of hydrogen-bond acceptors (Lipinski definition) is 6. The first-order valence-electron chi connectivity index (χ1n) is 9.71. The third kappa shape index (κ3) is 4.17. The number of rotatable bonds is 5. The van der Waals surface area contributed by atoms with Crippen LogP contribution in [0.4, 0.5) is 0 Å². The van der Waals surface area contributed by atoms with Crippen LogP contribution in [0, 0.1) is 0 Å². The van der Waals surface area contributed by atoms with Crippen molar-refractivity contribution in [3.8, 4) is 0 Å². The Bertz CT molecular complexity index is 756. The molecule has 1 amide bonds. The van der Waals surface area contributed by atoms with Gasteiger partial charge in [-0.05, 0) is 49.0 Å². The molecular formula is C19H27N7O. The minimum Gasteiger partial charge on any atom is -0.338 e. The van der Waals surface area contributed by atoms with Crippen molar-refractivity contribution in [2.75, 3.05) is 39.8 Å². The van der Waals surface area contributed by atoms with E-state index >= 15 is 0 Å². The molecule has 2 aromatic rings. The molecule has 8 heteroatoms. The average molecular weight is 369 g/mol. The zero-order valence-corrected chi connectivity index (χ0v) is 15.9. The third-order valence-corrected chi connectivity index (χ3v) is 5.64. The molecule has 3 heterocycles. The number of amides is 1. The van der Waals surface area contributed by atoms with Crippen LogP contribution in [-0.4, -0.2) is 80.6 Å². The summed E-state index contributed by atoms with van der Waals surface area (Å²) >= 11 is 0. The maximum absolute atomic E-state index is 12.9. The predicted octanol–water partition coefficient (Wildman–Crippen LogP) is 0.784. The zero-order valence-electron chi connectivity index (χ0n) is 15.9. The van der Waals surface area contributed by atoms with Crippen molar-refractivity contribution >= 4 is 5.91 Å². The van der Waals surface area contributed by atoms with Crippen molar-refractivity contribution in [2.24, 2.45) is 0 Å². The highest BCUT2D eigenvalue weighted by Crippen LogP contribution is 2.24. The lowest BCUT2D eigenvalue weighted by Crippen LogP contribution is -2.50. The summed E-state index contributed by atoms with van der Waals surface area (Å²) in [5.74, 6) is 0.859. The van der Waals surface area contributed by atoms with Crippen LogP contribution in [-0.2, 0) is 17.9 Å². The maximum atomic E-state index is 12.9. The molecule has 8 nitrogen and oxygen atoms in total. The van der Waals surface area contributed by atoms with Crippen molar-refractivity contribution in [1.29, 1.82) is 0 Å². The van der Waals surface area contributed by atoms with E-state index in [1.807, 2.05) is 11.0 Å². The van der Waals surface area contributed by atoms with Gasteiger partial charge >= 0.3 is 0 Å². The number of piperazine rings is 1. The highest BCUT2D eigenvalue weighted by atomic mass is 16.2. The van der Waals surface area contributed by atoms with Crippen LogP contribution < -0.4 is 0 Å². The van der Waals surface area contributed by atoms with Crippen LogP contribution in [0.5, 0.6) is 0 Å². The Hall–Kier alpha value is -2.32. The van der Waals surface area contributed by atoms with Crippen molar-refractivity contribution < 1.29 is 4.79 Å². The molecule has 1 atom stereocenters. The van der Waals surface area contributed by atoms with Crippen molar-refractivity contribution in [3.05, 3.63) is 41.7 Å². The van der Waals surface area contributed by atoms with E-state index in [1.54, 1.807) is 4.68 Å². The standard InChI is InChI=1S/C19H27N7O/c1-23-11-12-25(13-17(23)16-7-3-2-4-8-16)19(27)15-26-18(20-21-22-26)14-24-9-5-6-10-24/h2-4,7-8,17H,5-6,9-15H2,1H3/t17-/m0/s1. The molecule has 4 rings (SSSR count). The van der Waals surface area contributed by atoms with Gasteiger partial charge < -0.3 is 4.90 Å². The Morgan fingerprint density at radius 2 is 1.89 bits per heavy atom. The lowest BCUT2D eigenvalue weighted by atomic mass is 10.0. The summed E-state index contributed by atoms with van der Waals surface area (Å²) in [6.45, 7) is 5.39. The zero-order chi connectivity index (χ0) is 18.6. The molecule has 2 saturated heterocycles. The molecular weight excluding hydrogens is 342 g/mol. The summed E-state index contributed by atoms with van der Waals surface area (Å²) < 4.78 is 1.66. The van der Waals surface area contributed by atoms with E-state index in [1.165, 1.54) is 18.4 Å². The highest BCUT2D eigenvalue weighted by Gasteiger charge is 2.29. The number of benzene rings is 1. The molecule has 0 unspecified atom stereocenters. The fraction of sp³-hybridized carbons (Fsp3) is 0.579. The number of aromatic nitrogens is 4. The highest BCUT2D eigenvalue weighted by molar-refractivity contribution is 5.76. The molecule has 0 bridgehead atoms. The van der Waals surface area contributed by atoms with Crippen LogP contribution in [0.15, 0.2) is 30.3 Å². The fourth-order valence-electron chi connectivity index (χ4n) is 3.96. The van der Waals surface area contributed by atoms with E-state index < -0.39 is 0 Å². The first kappa shape index (κ1) is 18.1. The molecule has 0 N–H and O–H groups in total. The molecule has 2 aliphatic rings. The topological polar surface area (TPSA) is 70.4 Å². The maximum Gasteiger partial charge on any atom is 0.244 e. The van der Waals surface area contributed by atoms with Gasteiger partial charge in [0.15, 0.2) is 5.82 Å². The summed E-state index contributed by atoms with van der Waals surface area (Å²) in [6.07, 6.45) is 2.45. The van der Waals surface area contributed by atoms with Crippen LogP contribution in [0.1, 0.15) is 30.3 Å². The summed E-state index contributed by atoms with van der Waals surface area (Å²) in [6, 6.07) is 10.6. The Balaban J connectivity index is 1.40. The van der Waals surface area contributed by atoms with E-state index in [9.17, 15) is 4.79 Å². The van der Waals surface area contributed by atoms with Gasteiger partial charge in [0.1, 0.15) is 6.54 Å². The average Bonchev–Trinajstić information content (AvgIpc) is 3.36. The lowest BCUT2D eigenvalue weighted by Gasteiger charge is -2.39. The number of likely N-dealkylation sites (N-methyl/N-ethyl adjacent to an activating group) is 1. The molecule has 0 saturated carbocycles. The SMILES string of the molecule is CN1CCN(C(=O)Cn2nnnc2CN2CCCC2)C[C@H]1c1ccccc1. The van der Waals surface area contributed by atoms with E-state index in [4.69, 9.17) is 0 Å². The third-order valence-electron chi connectivity index (χ3n) is 5.64. The molecule has 1 aromatic carbocycles. The normalized spacial score (nSPS) is 21.7. The Labute approximate surface area is 159 Å². The molecule has 144 valence electrons. The number of carbonyl (C=O) groups excluding carboxylic acids is 1. The molecule has 0 radical (unpaired) electrons. The predicted molar refractivity (Wildman–Crippen MR) is 101 cm³/mol. The number of carbonyl (C=O) groups is 1. The number of tetrazole rings is 1. The van der Waals surface area contributed by atoms with Gasteiger partial charge in [-0.3, -0.25) is 14.6 Å². The van der Waals surface area contributed by atoms with Crippen LogP contribution >= 0.6 is 0 Å². The van der Waals surface area contributed by atoms with Gasteiger partial charge in [-0.25, -0.2) is 4.68 Å². The summed E-state index contributed by atoms with van der Waals surface area (Å²) in [5.41, 5.74) is 1.25. The van der Waals surface area contributed by atoms with Gasteiger partial charge in [0.05, 0.1) is 12.6 Å². The van der Waals surface area contributed by atoms with E-state index in [0.717, 1.165) is 38.5 Å². The molecule has 27 heavy (non-hydrogen) atoms. The quantitative estimate of drug-likeness (QED) is 0.776. The first-order chi connectivity index (χ1) is 13.2. The van der Waals surface area contributed by atoms with Gasteiger partial charge in [0.25, 0.3) is 0 Å². The van der Waals surface area contributed by atoms with E-state index in [2.05, 4.69) is 56.6 Å². The van der Waals surface area contributed by atoms with Crippen LogP contribution in [0.3, 0.4) is 0 Å². The summed E-state index contributed by atoms with van der Waals surface area (Å²) in [7, 11) is 2.12. The molecule has 1 aromatic heterocycles. The first-order valence-corrected chi connectivity index (χ1v) is 9.71. The fourth-order valence-corrected chi connectivity index (χ4v) is 3.96. The van der Waals surface area contributed by atoms with Crippen LogP contribution in [0.2, 0.25) is 0 Å². The summed E-state index contributed by atoms with van der Waals surface area (Å²) in [5, 5.41) is 12.0. The smallest absolute Gasteiger partial charge is 0.244 e. The molecule has 2 fully saturated rings. The second-order valence-electron chi connectivity index (χ2n) is 7.48. The second-order valence-corrected chi connectivity index (χ2v) is 7.48. The largest absolute Gasteiger partial charge is 0.338 e. The van der Waals surface area contributed by atoms with Crippen LogP contribution in [0.25, 0.3) is 0 Å². The number of likely N-dealkylation sites (tertiary alicyclic amines) is 1. The Kier molecular flexibility index (Phi) is 5.45. The minimum atomic E-state index is 0.0824. The Morgan fingerprint density at radius 1 is 1.11 bits per heavy atom. The molecule has 2 aliphatic heterocycles. The van der Waals surface area contributed by atoms with E-state index in [-0.39, 0.29) is 18.5 Å². The number of hydrogen-bond donors (Lipinski definition) is 0. The van der Waals surface area contributed by atoms with Gasteiger partial charge in [0.2, 0.25) is 5.91 Å². The second kappa shape index (κ2) is 8.14. The summed E-state index contributed by atoms with van der Waals surface area (Å²) in [4.78, 5) is 19.5. The minimum absolute atomic E-state index is 0.0824. The van der Waals surface area contributed by atoms with Gasteiger partial charge in [0, 0.05) is 19.6 Å². The monoisotopic (exact) mass is 369 g/mol. The van der Waals surface area contributed by atoms with Gasteiger partial charge in [-0.1, -0.05) is 30.3 Å². The molecule has 0 aliphatic carbocycles. The molecule has 0 spiro atoms. The van der Waals surface area contributed by atoms with Gasteiger partial charge in [-0.2, -0.15) is 0 Å². The van der Waals surface area contributed by atoms with E-state index in [0.29, 0.717) is 6.54 Å². The van der Waals surface area contributed by atoms with Crippen molar-refractivity contribution in [1.82, 2.24) is 34.9 Å². The van der Waals surface area contributed by atoms with Gasteiger partial charge in [-0.15, -0.1) is 5.10 Å². The van der Waals surface area contributed by atoms with Crippen molar-refractivity contribution in [2.45, 2.75) is 32.0 Å².